The van der Waals surface area contributed by atoms with Gasteiger partial charge < -0.3 is 14.6 Å². The van der Waals surface area contributed by atoms with Crippen molar-refractivity contribution in [3.8, 4) is 11.5 Å². The summed E-state index contributed by atoms with van der Waals surface area (Å²) in [4.78, 5) is 32.1. The molecule has 0 aliphatic carbocycles. The van der Waals surface area contributed by atoms with Crippen molar-refractivity contribution in [1.82, 2.24) is 5.32 Å². The van der Waals surface area contributed by atoms with E-state index in [1.54, 1.807) is 14.0 Å². The number of carbonyl (C=O) groups excluding carboxylic acids is 2. The van der Waals surface area contributed by atoms with Crippen LogP contribution in [0, 0.1) is 0 Å². The molecule has 8 heteroatoms. The molecule has 0 spiro atoms. The molecule has 1 atom stereocenters. The predicted octanol–water partition coefficient (Wildman–Crippen LogP) is 3.69. The van der Waals surface area contributed by atoms with Gasteiger partial charge in [0.25, 0.3) is 5.24 Å². The first-order chi connectivity index (χ1) is 14.4. The molecule has 0 bridgehead atoms. The first-order valence-corrected chi connectivity index (χ1v) is 10.4. The van der Waals surface area contributed by atoms with Crippen molar-refractivity contribution in [3.63, 3.8) is 0 Å². The molecular formula is C22H25NO6S. The SMILES string of the molecule is CCC(=O)O.COc1cccc(CCOc2ccc(CC3SC(=O)NC3=O)cc2)c1. The van der Waals surface area contributed by atoms with E-state index in [1.807, 2.05) is 48.5 Å². The van der Waals surface area contributed by atoms with E-state index < -0.39 is 5.97 Å². The zero-order chi connectivity index (χ0) is 21.9. The number of imide groups is 1. The minimum Gasteiger partial charge on any atom is -0.497 e. The van der Waals surface area contributed by atoms with Gasteiger partial charge in [-0.2, -0.15) is 0 Å². The van der Waals surface area contributed by atoms with Crippen molar-refractivity contribution in [1.29, 1.82) is 0 Å². The molecule has 30 heavy (non-hydrogen) atoms. The highest BCUT2D eigenvalue weighted by molar-refractivity contribution is 8.15. The quantitative estimate of drug-likeness (QED) is 0.657. The van der Waals surface area contributed by atoms with Crippen molar-refractivity contribution in [2.75, 3.05) is 13.7 Å². The van der Waals surface area contributed by atoms with E-state index in [0.717, 1.165) is 40.8 Å². The van der Waals surface area contributed by atoms with Crippen LogP contribution >= 0.6 is 11.8 Å². The van der Waals surface area contributed by atoms with Crippen molar-refractivity contribution in [2.45, 2.75) is 31.4 Å². The van der Waals surface area contributed by atoms with Gasteiger partial charge in [-0.3, -0.25) is 19.7 Å². The molecule has 3 rings (SSSR count). The molecular weight excluding hydrogens is 406 g/mol. The van der Waals surface area contributed by atoms with Gasteiger partial charge in [-0.25, -0.2) is 0 Å². The Morgan fingerprint density at radius 1 is 1.10 bits per heavy atom. The number of ether oxygens (including phenoxy) is 2. The van der Waals surface area contributed by atoms with Gasteiger partial charge in [-0.05, 0) is 41.8 Å². The van der Waals surface area contributed by atoms with Gasteiger partial charge >= 0.3 is 5.97 Å². The minimum absolute atomic E-state index is 0.214. The molecule has 1 fully saturated rings. The largest absolute Gasteiger partial charge is 0.497 e. The summed E-state index contributed by atoms with van der Waals surface area (Å²) in [5.74, 6) is 0.666. The monoisotopic (exact) mass is 431 g/mol. The number of hydrogen-bond acceptors (Lipinski definition) is 6. The summed E-state index contributed by atoms with van der Waals surface area (Å²) in [6.45, 7) is 2.17. The summed E-state index contributed by atoms with van der Waals surface area (Å²) in [6.07, 6.45) is 1.55. The molecule has 2 aromatic carbocycles. The maximum Gasteiger partial charge on any atom is 0.303 e. The third-order valence-electron chi connectivity index (χ3n) is 4.21. The predicted molar refractivity (Wildman–Crippen MR) is 115 cm³/mol. The smallest absolute Gasteiger partial charge is 0.303 e. The highest BCUT2D eigenvalue weighted by atomic mass is 32.2. The Morgan fingerprint density at radius 2 is 1.80 bits per heavy atom. The Labute approximate surface area is 179 Å². The fraction of sp³-hybridized carbons (Fsp3) is 0.318. The Morgan fingerprint density at radius 3 is 2.37 bits per heavy atom. The van der Waals surface area contributed by atoms with Crippen molar-refractivity contribution in [2.24, 2.45) is 0 Å². The second kappa shape index (κ2) is 11.9. The van der Waals surface area contributed by atoms with Gasteiger partial charge in [-0.15, -0.1) is 0 Å². The van der Waals surface area contributed by atoms with Gasteiger partial charge in [0.05, 0.1) is 19.0 Å². The molecule has 1 heterocycles. The van der Waals surface area contributed by atoms with E-state index in [1.165, 1.54) is 0 Å². The van der Waals surface area contributed by atoms with Crippen molar-refractivity contribution < 1.29 is 29.0 Å². The molecule has 0 saturated carbocycles. The summed E-state index contributed by atoms with van der Waals surface area (Å²) in [5, 5.41) is 9.41. The molecule has 0 aromatic heterocycles. The van der Waals surface area contributed by atoms with Crippen LogP contribution in [0.15, 0.2) is 48.5 Å². The zero-order valence-electron chi connectivity index (χ0n) is 16.9. The molecule has 160 valence electrons. The normalized spacial score (nSPS) is 15.1. The molecule has 2 N–H and O–H groups in total. The summed E-state index contributed by atoms with van der Waals surface area (Å²) < 4.78 is 11.0. The van der Waals surface area contributed by atoms with Gasteiger partial charge in [0.2, 0.25) is 5.91 Å². The number of hydrogen-bond donors (Lipinski definition) is 2. The molecule has 1 aliphatic heterocycles. The van der Waals surface area contributed by atoms with Crippen LogP contribution < -0.4 is 14.8 Å². The molecule has 2 aromatic rings. The second-order valence-corrected chi connectivity index (χ2v) is 7.60. The van der Waals surface area contributed by atoms with Crippen LogP contribution in [-0.4, -0.2) is 41.2 Å². The molecule has 0 radical (unpaired) electrons. The van der Waals surface area contributed by atoms with Crippen LogP contribution in [0.3, 0.4) is 0 Å². The average molecular weight is 432 g/mol. The number of methoxy groups -OCH3 is 1. The Hall–Kier alpha value is -3.00. The van der Waals surface area contributed by atoms with Crippen LogP contribution in [-0.2, 0) is 22.4 Å². The number of carbonyl (C=O) groups is 3. The van der Waals surface area contributed by atoms with Gasteiger partial charge in [0.15, 0.2) is 0 Å². The molecule has 7 nitrogen and oxygen atoms in total. The molecule has 1 saturated heterocycles. The van der Waals surface area contributed by atoms with Crippen LogP contribution in [0.25, 0.3) is 0 Å². The minimum atomic E-state index is -0.745. The Bertz CT molecular complexity index is 868. The number of carboxylic acids is 1. The average Bonchev–Trinajstić information content (AvgIpc) is 3.06. The summed E-state index contributed by atoms with van der Waals surface area (Å²) >= 11 is 1.05. The van der Waals surface area contributed by atoms with E-state index in [2.05, 4.69) is 5.32 Å². The number of amides is 2. The van der Waals surface area contributed by atoms with E-state index >= 15 is 0 Å². The number of carboxylic acid groups (broad SMARTS) is 1. The highest BCUT2D eigenvalue weighted by Crippen LogP contribution is 2.24. The number of nitrogens with one attached hydrogen (secondary N) is 1. The third-order valence-corrected chi connectivity index (χ3v) is 5.19. The van der Waals surface area contributed by atoms with Gasteiger partial charge in [0.1, 0.15) is 11.5 Å². The molecule has 2 amide bonds. The Kier molecular flexibility index (Phi) is 9.21. The first kappa shape index (κ1) is 23.3. The van der Waals surface area contributed by atoms with E-state index in [-0.39, 0.29) is 22.8 Å². The number of rotatable bonds is 8. The number of thioether (sulfide) groups is 1. The topological polar surface area (TPSA) is 102 Å². The lowest BCUT2D eigenvalue weighted by Gasteiger charge is -2.09. The maximum atomic E-state index is 11.6. The number of benzene rings is 2. The summed E-state index contributed by atoms with van der Waals surface area (Å²) in [7, 11) is 1.65. The summed E-state index contributed by atoms with van der Waals surface area (Å²) in [6, 6.07) is 15.6. The van der Waals surface area contributed by atoms with E-state index in [4.69, 9.17) is 14.6 Å². The standard InChI is InChI=1S/C19H19NO4S.C3H6O2/c1-23-16-4-2-3-13(11-16)9-10-24-15-7-5-14(6-8-15)12-17-18(21)20-19(22)25-17;1-2-3(4)5/h2-8,11,17H,9-10,12H2,1H3,(H,20,21,22);2H2,1H3,(H,4,5). The van der Waals surface area contributed by atoms with Crippen LogP contribution in [0.2, 0.25) is 0 Å². The summed E-state index contributed by atoms with van der Waals surface area (Å²) in [5.41, 5.74) is 2.16. The highest BCUT2D eigenvalue weighted by Gasteiger charge is 2.31. The van der Waals surface area contributed by atoms with E-state index in [0.29, 0.717) is 13.0 Å². The molecule has 1 aliphatic rings. The lowest BCUT2D eigenvalue weighted by molar-refractivity contribution is -0.136. The van der Waals surface area contributed by atoms with E-state index in [9.17, 15) is 14.4 Å². The van der Waals surface area contributed by atoms with Gasteiger partial charge in [0, 0.05) is 12.8 Å². The first-order valence-electron chi connectivity index (χ1n) is 9.49. The fourth-order valence-corrected chi connectivity index (χ4v) is 3.44. The lowest BCUT2D eigenvalue weighted by Crippen LogP contribution is -2.25. The second-order valence-electron chi connectivity index (χ2n) is 6.43. The van der Waals surface area contributed by atoms with Crippen LogP contribution in [0.1, 0.15) is 24.5 Å². The van der Waals surface area contributed by atoms with Crippen molar-refractivity contribution >= 4 is 28.9 Å². The Balaban J connectivity index is 0.000000575. The fourth-order valence-electron chi connectivity index (χ4n) is 2.58. The van der Waals surface area contributed by atoms with Crippen LogP contribution in [0.5, 0.6) is 11.5 Å². The van der Waals surface area contributed by atoms with Crippen LogP contribution in [0.4, 0.5) is 4.79 Å². The van der Waals surface area contributed by atoms with Gasteiger partial charge in [-0.1, -0.05) is 43.0 Å². The van der Waals surface area contributed by atoms with Crippen molar-refractivity contribution in [3.05, 3.63) is 59.7 Å². The lowest BCUT2D eigenvalue weighted by atomic mass is 10.1. The third kappa shape index (κ3) is 7.79. The molecule has 1 unspecified atom stereocenters. The zero-order valence-corrected chi connectivity index (χ0v) is 17.7. The maximum absolute atomic E-state index is 11.6. The number of aliphatic carboxylic acids is 1.